The van der Waals surface area contributed by atoms with Crippen molar-refractivity contribution < 1.29 is 35.8 Å². The van der Waals surface area contributed by atoms with Crippen molar-refractivity contribution in [3.05, 3.63) is 0 Å². The average molecular weight is 253 g/mol. The highest BCUT2D eigenvalue weighted by Gasteiger charge is 2.53. The second-order valence-electron chi connectivity index (χ2n) is 3.51. The van der Waals surface area contributed by atoms with E-state index in [2.05, 4.69) is 0 Å². The van der Waals surface area contributed by atoms with Crippen molar-refractivity contribution in [3.63, 3.8) is 0 Å². The van der Waals surface area contributed by atoms with Gasteiger partial charge in [-0.1, -0.05) is 0 Å². The summed E-state index contributed by atoms with van der Waals surface area (Å²) in [5.41, 5.74) is 0. The van der Waals surface area contributed by atoms with E-state index in [0.717, 1.165) is 6.73 Å². The van der Waals surface area contributed by atoms with Crippen LogP contribution in [-0.2, 0) is 4.74 Å². The van der Waals surface area contributed by atoms with E-state index in [0.29, 0.717) is 0 Å². The number of likely N-dealkylation sites (tertiary alicyclic amines) is 1. The van der Waals surface area contributed by atoms with Crippen molar-refractivity contribution in [2.45, 2.75) is 18.9 Å². The van der Waals surface area contributed by atoms with Gasteiger partial charge in [-0.3, -0.25) is 0 Å². The van der Waals surface area contributed by atoms with E-state index < -0.39 is 13.1 Å². The largest absolute Gasteiger partial charge is 0.583 e. The van der Waals surface area contributed by atoms with Crippen molar-refractivity contribution in [1.82, 2.24) is 0 Å². The molecule has 0 aromatic carbocycles. The Bertz CT molecular complexity index is 176. The molecular formula is C7H14BF6NO. The molecule has 0 radical (unpaired) electrons. The standard InChI is InChI=1S/C6H13NO.CBF6/c1-8-6-7-4-2-3-5-7;3-1(4,5)2(6,7)8/h2-6H2,1H3;/q;-1/p+1. The van der Waals surface area contributed by atoms with Crippen LogP contribution in [0, 0.1) is 0 Å². The van der Waals surface area contributed by atoms with E-state index in [-0.39, 0.29) is 0 Å². The fraction of sp³-hybridized carbons (Fsp3) is 1.00. The highest BCUT2D eigenvalue weighted by atomic mass is 19.4. The Labute approximate surface area is 89.6 Å². The van der Waals surface area contributed by atoms with Gasteiger partial charge in [0.15, 0.2) is 6.73 Å². The van der Waals surface area contributed by atoms with E-state index in [9.17, 15) is 26.1 Å². The van der Waals surface area contributed by atoms with E-state index in [1.807, 2.05) is 0 Å². The lowest BCUT2D eigenvalue weighted by Crippen LogP contribution is -3.10. The third-order valence-electron chi connectivity index (χ3n) is 2.03. The Balaban J connectivity index is 0.000000281. The van der Waals surface area contributed by atoms with Crippen LogP contribution >= 0.6 is 0 Å². The maximum Gasteiger partial charge on any atom is 0.583 e. The maximum absolute atomic E-state index is 10.5. The lowest BCUT2D eigenvalue weighted by Gasteiger charge is -2.16. The lowest BCUT2D eigenvalue weighted by molar-refractivity contribution is -0.907. The van der Waals surface area contributed by atoms with Crippen molar-refractivity contribution in [2.75, 3.05) is 26.9 Å². The Morgan fingerprint density at radius 1 is 1.12 bits per heavy atom. The summed E-state index contributed by atoms with van der Waals surface area (Å²) in [6.07, 6.45) is -3.22. The molecule has 9 heteroatoms. The molecule has 98 valence electrons. The fourth-order valence-corrected chi connectivity index (χ4v) is 1.22. The number of nitrogens with one attached hydrogen (secondary N) is 1. The second-order valence-corrected chi connectivity index (χ2v) is 3.51. The van der Waals surface area contributed by atoms with Crippen LogP contribution in [0.25, 0.3) is 0 Å². The zero-order valence-electron chi connectivity index (χ0n) is 8.79. The summed E-state index contributed by atoms with van der Waals surface area (Å²) in [7, 11) is 1.77. The van der Waals surface area contributed by atoms with Gasteiger partial charge in [-0.25, -0.2) is 13.2 Å². The summed E-state index contributed by atoms with van der Waals surface area (Å²) < 4.78 is 67.9. The number of quaternary nitrogens is 1. The molecule has 0 aliphatic carbocycles. The summed E-state index contributed by atoms with van der Waals surface area (Å²) in [5.74, 6) is 0. The Morgan fingerprint density at radius 2 is 1.50 bits per heavy atom. The van der Waals surface area contributed by atoms with Crippen LogP contribution < -0.4 is 4.90 Å². The first-order valence-corrected chi connectivity index (χ1v) is 4.77. The van der Waals surface area contributed by atoms with Gasteiger partial charge in [-0.05, 0) is 0 Å². The van der Waals surface area contributed by atoms with E-state index in [1.165, 1.54) is 25.9 Å². The Morgan fingerprint density at radius 3 is 1.75 bits per heavy atom. The summed E-state index contributed by atoms with van der Waals surface area (Å²) in [6, 6.07) is 0. The molecule has 1 fully saturated rings. The molecular weight excluding hydrogens is 239 g/mol. The number of ether oxygens (including phenoxy) is 1. The molecule has 0 atom stereocenters. The Hall–Kier alpha value is -0.435. The van der Waals surface area contributed by atoms with Gasteiger partial charge in [0.1, 0.15) is 0 Å². The monoisotopic (exact) mass is 253 g/mol. The molecule has 0 saturated carbocycles. The van der Waals surface area contributed by atoms with Gasteiger partial charge in [-0.15, -0.1) is 0 Å². The fourth-order valence-electron chi connectivity index (χ4n) is 1.22. The van der Waals surface area contributed by atoms with Crippen LogP contribution in [0.2, 0.25) is 0 Å². The van der Waals surface area contributed by atoms with Crippen LogP contribution in [0.3, 0.4) is 0 Å². The third kappa shape index (κ3) is 6.21. The van der Waals surface area contributed by atoms with Crippen LogP contribution in [0.5, 0.6) is 0 Å². The average Bonchev–Trinajstić information content (AvgIpc) is 2.54. The van der Waals surface area contributed by atoms with Gasteiger partial charge in [0, 0.05) is 20.0 Å². The molecule has 1 N–H and O–H groups in total. The van der Waals surface area contributed by atoms with Gasteiger partial charge in [0.2, 0.25) is 0 Å². The normalized spacial score (nSPS) is 18.2. The predicted octanol–water partition coefficient (Wildman–Crippen LogP) is 1.20. The molecule has 1 heterocycles. The van der Waals surface area contributed by atoms with Crippen LogP contribution in [0.15, 0.2) is 0 Å². The first-order chi connectivity index (χ1) is 7.18. The summed E-state index contributed by atoms with van der Waals surface area (Å²) in [5, 5.41) is 0. The van der Waals surface area contributed by atoms with Gasteiger partial charge >= 0.3 is 13.1 Å². The highest BCUT2D eigenvalue weighted by molar-refractivity contribution is 6.60. The van der Waals surface area contributed by atoms with Crippen molar-refractivity contribution >= 4 is 6.98 Å². The minimum absolute atomic E-state index is 0.903. The van der Waals surface area contributed by atoms with Crippen molar-refractivity contribution in [3.8, 4) is 0 Å². The number of rotatable bonds is 2. The quantitative estimate of drug-likeness (QED) is 0.576. The number of halogens is 6. The third-order valence-corrected chi connectivity index (χ3v) is 2.03. The van der Waals surface area contributed by atoms with Gasteiger partial charge < -0.3 is 22.6 Å². The molecule has 1 aliphatic rings. The number of methoxy groups -OCH3 is 1. The summed E-state index contributed by atoms with van der Waals surface area (Å²) in [6.45, 7) is -3.12. The SMILES string of the molecule is COC[NH+]1CCCC1.F[B-](F)(F)C(F)(F)F. The van der Waals surface area contributed by atoms with Crippen molar-refractivity contribution in [2.24, 2.45) is 0 Å². The second kappa shape index (κ2) is 6.34. The van der Waals surface area contributed by atoms with E-state index in [1.54, 1.807) is 12.0 Å². The molecule has 0 amide bonds. The van der Waals surface area contributed by atoms with Crippen LogP contribution in [0.1, 0.15) is 12.8 Å². The molecule has 2 nitrogen and oxygen atoms in total. The number of hydrogen-bond acceptors (Lipinski definition) is 1. The van der Waals surface area contributed by atoms with Crippen LogP contribution in [-0.4, -0.2) is 40.0 Å². The lowest BCUT2D eigenvalue weighted by atomic mass is 9.92. The smallest absolute Gasteiger partial charge is 0.443 e. The molecule has 0 aromatic rings. The van der Waals surface area contributed by atoms with Gasteiger partial charge in [0.05, 0.1) is 13.1 Å². The molecule has 0 aromatic heterocycles. The molecule has 0 unspecified atom stereocenters. The minimum atomic E-state index is -6.65. The highest BCUT2D eigenvalue weighted by Crippen LogP contribution is 2.31. The number of hydrogen-bond donors (Lipinski definition) is 1. The van der Waals surface area contributed by atoms with Crippen LogP contribution in [0.4, 0.5) is 26.1 Å². The minimum Gasteiger partial charge on any atom is -0.443 e. The molecule has 1 saturated heterocycles. The molecule has 1 rings (SSSR count). The van der Waals surface area contributed by atoms with Gasteiger partial charge in [0.25, 0.3) is 0 Å². The van der Waals surface area contributed by atoms with E-state index >= 15 is 0 Å². The summed E-state index contributed by atoms with van der Waals surface area (Å²) in [4.78, 5) is 1.60. The van der Waals surface area contributed by atoms with E-state index in [4.69, 9.17) is 4.74 Å². The zero-order valence-corrected chi connectivity index (χ0v) is 8.79. The van der Waals surface area contributed by atoms with Crippen molar-refractivity contribution in [1.29, 1.82) is 0 Å². The Kier molecular flexibility index (Phi) is 6.16. The summed E-state index contributed by atoms with van der Waals surface area (Å²) >= 11 is 0. The first-order valence-electron chi connectivity index (χ1n) is 4.77. The topological polar surface area (TPSA) is 13.7 Å². The number of alkyl halides is 3. The van der Waals surface area contributed by atoms with Gasteiger partial charge in [-0.2, -0.15) is 0 Å². The molecule has 0 bridgehead atoms. The molecule has 1 aliphatic heterocycles. The first kappa shape index (κ1) is 15.6. The maximum atomic E-state index is 10.5. The predicted molar refractivity (Wildman–Crippen MR) is 46.9 cm³/mol. The molecule has 16 heavy (non-hydrogen) atoms. The zero-order chi connectivity index (χ0) is 12.8. The molecule has 0 spiro atoms.